The molecule has 0 saturated carbocycles. The van der Waals surface area contributed by atoms with Gasteiger partial charge < -0.3 is 10.1 Å². The maximum atomic E-state index is 5.41. The van der Waals surface area contributed by atoms with Gasteiger partial charge in [0.1, 0.15) is 5.75 Å². The van der Waals surface area contributed by atoms with Gasteiger partial charge in [-0.2, -0.15) is 0 Å². The first-order chi connectivity index (χ1) is 8.78. The van der Waals surface area contributed by atoms with Gasteiger partial charge in [0, 0.05) is 12.2 Å². The lowest BCUT2D eigenvalue weighted by molar-refractivity contribution is 0.340. The molecule has 0 saturated heterocycles. The summed E-state index contributed by atoms with van der Waals surface area (Å²) in [4.78, 5) is 4.25. The van der Waals surface area contributed by atoms with E-state index in [4.69, 9.17) is 4.74 Å². The van der Waals surface area contributed by atoms with Gasteiger partial charge in [-0.25, -0.2) is 0 Å². The maximum absolute atomic E-state index is 5.41. The van der Waals surface area contributed by atoms with Crippen LogP contribution in [0.5, 0.6) is 5.75 Å². The van der Waals surface area contributed by atoms with E-state index in [0.29, 0.717) is 6.61 Å². The van der Waals surface area contributed by atoms with Crippen LogP contribution in [0.3, 0.4) is 0 Å². The SMILES string of the molecule is CCOc1ccc(CNc2ccc(C)nc2)cc1. The van der Waals surface area contributed by atoms with Crippen molar-refractivity contribution in [2.24, 2.45) is 0 Å². The number of nitrogens with one attached hydrogen (secondary N) is 1. The third-order valence-corrected chi connectivity index (χ3v) is 2.64. The summed E-state index contributed by atoms with van der Waals surface area (Å²) < 4.78 is 5.41. The van der Waals surface area contributed by atoms with E-state index in [1.54, 1.807) is 0 Å². The normalized spacial score (nSPS) is 10.1. The molecule has 1 aromatic heterocycles. The summed E-state index contributed by atoms with van der Waals surface area (Å²) in [6.45, 7) is 5.46. The Balaban J connectivity index is 1.91. The first kappa shape index (κ1) is 12.4. The lowest BCUT2D eigenvalue weighted by atomic mass is 10.2. The molecule has 94 valence electrons. The first-order valence-corrected chi connectivity index (χ1v) is 6.16. The van der Waals surface area contributed by atoms with Crippen LogP contribution in [0.1, 0.15) is 18.2 Å². The summed E-state index contributed by atoms with van der Waals surface area (Å²) in [6.07, 6.45) is 1.85. The van der Waals surface area contributed by atoms with Crippen LogP contribution in [0.4, 0.5) is 5.69 Å². The Kier molecular flexibility index (Phi) is 4.18. The number of rotatable bonds is 5. The Morgan fingerprint density at radius 1 is 1.11 bits per heavy atom. The van der Waals surface area contributed by atoms with Crippen molar-refractivity contribution in [1.29, 1.82) is 0 Å². The molecule has 0 atom stereocenters. The van der Waals surface area contributed by atoms with Crippen LogP contribution in [0, 0.1) is 6.92 Å². The minimum Gasteiger partial charge on any atom is -0.494 e. The average molecular weight is 242 g/mol. The molecule has 2 rings (SSSR count). The van der Waals surface area contributed by atoms with Gasteiger partial charge in [0.05, 0.1) is 18.5 Å². The van der Waals surface area contributed by atoms with Gasteiger partial charge in [-0.3, -0.25) is 4.98 Å². The third-order valence-electron chi connectivity index (χ3n) is 2.64. The molecule has 0 bridgehead atoms. The number of anilines is 1. The van der Waals surface area contributed by atoms with Crippen molar-refractivity contribution in [1.82, 2.24) is 4.98 Å². The van der Waals surface area contributed by atoms with E-state index in [9.17, 15) is 0 Å². The van der Waals surface area contributed by atoms with E-state index in [2.05, 4.69) is 22.4 Å². The number of hydrogen-bond donors (Lipinski definition) is 1. The lowest BCUT2D eigenvalue weighted by Gasteiger charge is -2.07. The minimum atomic E-state index is 0.701. The molecule has 0 aliphatic rings. The van der Waals surface area contributed by atoms with Crippen LogP contribution in [0.15, 0.2) is 42.6 Å². The van der Waals surface area contributed by atoms with Crippen LogP contribution in [-0.4, -0.2) is 11.6 Å². The Labute approximate surface area is 108 Å². The summed E-state index contributed by atoms with van der Waals surface area (Å²) in [5.41, 5.74) is 3.29. The standard InChI is InChI=1S/C15H18N2O/c1-3-18-15-8-5-13(6-9-15)10-17-14-7-4-12(2)16-11-14/h4-9,11,17H,3,10H2,1-2H3. The molecular weight excluding hydrogens is 224 g/mol. The zero-order valence-corrected chi connectivity index (χ0v) is 10.8. The monoisotopic (exact) mass is 242 g/mol. The van der Waals surface area contributed by atoms with Crippen LogP contribution < -0.4 is 10.1 Å². The summed E-state index contributed by atoms with van der Waals surface area (Å²) >= 11 is 0. The largest absolute Gasteiger partial charge is 0.494 e. The van der Waals surface area contributed by atoms with Gasteiger partial charge >= 0.3 is 0 Å². The molecule has 0 unspecified atom stereocenters. The maximum Gasteiger partial charge on any atom is 0.119 e. The van der Waals surface area contributed by atoms with E-state index in [-0.39, 0.29) is 0 Å². The molecule has 3 heteroatoms. The number of pyridine rings is 1. The lowest BCUT2D eigenvalue weighted by Crippen LogP contribution is -2.00. The second-order valence-electron chi connectivity index (χ2n) is 4.12. The van der Waals surface area contributed by atoms with Gasteiger partial charge in [-0.15, -0.1) is 0 Å². The molecule has 0 spiro atoms. The van der Waals surface area contributed by atoms with Crippen molar-refractivity contribution in [3.8, 4) is 5.75 Å². The van der Waals surface area contributed by atoms with Crippen molar-refractivity contribution in [2.45, 2.75) is 20.4 Å². The molecule has 3 nitrogen and oxygen atoms in total. The van der Waals surface area contributed by atoms with E-state index in [0.717, 1.165) is 23.7 Å². The fraction of sp³-hybridized carbons (Fsp3) is 0.267. The summed E-state index contributed by atoms with van der Waals surface area (Å²) in [6, 6.07) is 12.2. The molecule has 0 radical (unpaired) electrons. The van der Waals surface area contributed by atoms with Crippen molar-refractivity contribution in [3.63, 3.8) is 0 Å². The van der Waals surface area contributed by atoms with E-state index in [1.165, 1.54) is 5.56 Å². The summed E-state index contributed by atoms with van der Waals surface area (Å²) in [5, 5.41) is 3.34. The minimum absolute atomic E-state index is 0.701. The number of hydrogen-bond acceptors (Lipinski definition) is 3. The predicted octanol–water partition coefficient (Wildman–Crippen LogP) is 3.40. The zero-order valence-electron chi connectivity index (χ0n) is 10.8. The Bertz CT molecular complexity index is 477. The molecule has 0 amide bonds. The summed E-state index contributed by atoms with van der Waals surface area (Å²) in [7, 11) is 0. The molecule has 1 aromatic carbocycles. The highest BCUT2D eigenvalue weighted by molar-refractivity contribution is 5.42. The smallest absolute Gasteiger partial charge is 0.119 e. The van der Waals surface area contributed by atoms with Crippen LogP contribution in [0.2, 0.25) is 0 Å². The van der Waals surface area contributed by atoms with Crippen LogP contribution in [-0.2, 0) is 6.54 Å². The first-order valence-electron chi connectivity index (χ1n) is 6.16. The van der Waals surface area contributed by atoms with Crippen molar-refractivity contribution in [2.75, 3.05) is 11.9 Å². The number of nitrogens with zero attached hydrogens (tertiary/aromatic N) is 1. The highest BCUT2D eigenvalue weighted by atomic mass is 16.5. The zero-order chi connectivity index (χ0) is 12.8. The molecule has 0 fully saturated rings. The number of ether oxygens (including phenoxy) is 1. The molecule has 18 heavy (non-hydrogen) atoms. The number of aromatic nitrogens is 1. The molecule has 2 aromatic rings. The molecule has 0 aliphatic carbocycles. The summed E-state index contributed by atoms with van der Waals surface area (Å²) in [5.74, 6) is 0.915. The van der Waals surface area contributed by atoms with Crippen molar-refractivity contribution >= 4 is 5.69 Å². The van der Waals surface area contributed by atoms with Gasteiger partial charge in [-0.1, -0.05) is 12.1 Å². The van der Waals surface area contributed by atoms with Crippen LogP contribution >= 0.6 is 0 Å². The van der Waals surface area contributed by atoms with Crippen molar-refractivity contribution in [3.05, 3.63) is 53.9 Å². The van der Waals surface area contributed by atoms with Gasteiger partial charge in [0.15, 0.2) is 0 Å². The quantitative estimate of drug-likeness (QED) is 0.872. The second-order valence-corrected chi connectivity index (χ2v) is 4.12. The third kappa shape index (κ3) is 3.48. The Morgan fingerprint density at radius 3 is 2.50 bits per heavy atom. The molecular formula is C15H18N2O. The van der Waals surface area contributed by atoms with Crippen molar-refractivity contribution < 1.29 is 4.74 Å². The fourth-order valence-electron chi connectivity index (χ4n) is 1.65. The number of aryl methyl sites for hydroxylation is 1. The van der Waals surface area contributed by atoms with Gasteiger partial charge in [0.2, 0.25) is 0 Å². The highest BCUT2D eigenvalue weighted by Gasteiger charge is 1.96. The molecule has 1 heterocycles. The van der Waals surface area contributed by atoms with Crippen LogP contribution in [0.25, 0.3) is 0 Å². The van der Waals surface area contributed by atoms with E-state index >= 15 is 0 Å². The van der Waals surface area contributed by atoms with E-state index in [1.807, 2.05) is 44.3 Å². The topological polar surface area (TPSA) is 34.1 Å². The predicted molar refractivity (Wildman–Crippen MR) is 73.9 cm³/mol. The molecule has 1 N–H and O–H groups in total. The Hall–Kier alpha value is -2.03. The van der Waals surface area contributed by atoms with Gasteiger partial charge in [0.25, 0.3) is 0 Å². The fourth-order valence-corrected chi connectivity index (χ4v) is 1.65. The highest BCUT2D eigenvalue weighted by Crippen LogP contribution is 2.13. The molecule has 0 aliphatic heterocycles. The van der Waals surface area contributed by atoms with Gasteiger partial charge in [-0.05, 0) is 43.7 Å². The average Bonchev–Trinajstić information content (AvgIpc) is 2.40. The number of benzene rings is 1. The Morgan fingerprint density at radius 2 is 1.89 bits per heavy atom. The second kappa shape index (κ2) is 6.05. The van der Waals surface area contributed by atoms with E-state index < -0.39 is 0 Å².